The number of phenolic OH excluding ortho intramolecular Hbond substituents is 1. The topological polar surface area (TPSA) is 346 Å². The van der Waals surface area contributed by atoms with Gasteiger partial charge in [-0.1, -0.05) is 30.7 Å². The van der Waals surface area contributed by atoms with E-state index in [9.17, 15) is 8.42 Å². The molecule has 8 saturated heterocycles. The van der Waals surface area contributed by atoms with Gasteiger partial charge in [0.1, 0.15) is 64.3 Å². The maximum absolute atomic E-state index is 10.7. The van der Waals surface area contributed by atoms with Crippen LogP contribution in [0.4, 0.5) is 11.6 Å². The number of halogens is 3. The van der Waals surface area contributed by atoms with Crippen molar-refractivity contribution in [1.82, 2.24) is 19.7 Å². The molecule has 8 aliphatic heterocycles. The van der Waals surface area contributed by atoms with Crippen molar-refractivity contribution in [1.29, 1.82) is 0 Å². The third kappa shape index (κ3) is 33.5. The maximum Gasteiger partial charge on any atom is 1.00 e. The molecule has 682 valence electrons. The first-order valence-electron chi connectivity index (χ1n) is 40.7. The summed E-state index contributed by atoms with van der Waals surface area (Å²) in [5.41, 5.74) is 3.44. The third-order valence-corrected chi connectivity index (χ3v) is 25.4. The van der Waals surface area contributed by atoms with E-state index in [1.54, 1.807) is 81.0 Å². The molecule has 3 N–H and O–H groups in total. The number of aliphatic hydroxyl groups excluding tert-OH is 1. The zero-order valence-corrected chi connectivity index (χ0v) is 94.4. The Kier molecular flexibility index (Phi) is 46.3. The van der Waals surface area contributed by atoms with Gasteiger partial charge in [-0.05, 0) is 202 Å². The van der Waals surface area contributed by atoms with Crippen LogP contribution in [0.3, 0.4) is 0 Å². The molecule has 3 aromatic heterocycles. The normalized spacial score (nSPS) is 20.8. The van der Waals surface area contributed by atoms with Gasteiger partial charge in [0, 0.05) is 109 Å². The first-order chi connectivity index (χ1) is 58.5. The summed E-state index contributed by atoms with van der Waals surface area (Å²) in [5, 5.41) is 33.4. The number of ether oxygens (including phenoxy) is 12. The Bertz CT molecular complexity index is 4700. The first-order valence-corrected chi connectivity index (χ1v) is 45.4. The predicted octanol–water partition coefficient (Wildman–Crippen LogP) is 8.81. The molecule has 0 unspecified atom stereocenters. The summed E-state index contributed by atoms with van der Waals surface area (Å²) < 4.78 is 127. The van der Waals surface area contributed by atoms with E-state index in [0.717, 1.165) is 152 Å². The van der Waals surface area contributed by atoms with E-state index < -0.39 is 30.2 Å². The summed E-state index contributed by atoms with van der Waals surface area (Å²) in [6, 6.07) is 28.7. The van der Waals surface area contributed by atoms with Crippen LogP contribution in [-0.2, 0) is 77.4 Å². The van der Waals surface area contributed by atoms with Crippen molar-refractivity contribution in [2.75, 3.05) is 99.8 Å². The molecule has 30 nitrogen and oxygen atoms in total. The molecule has 40 heteroatoms. The van der Waals surface area contributed by atoms with E-state index in [1.165, 1.54) is 18.6 Å². The van der Waals surface area contributed by atoms with E-state index in [4.69, 9.17) is 121 Å². The molecule has 8 aliphatic rings. The number of hydrogen-bond donors (Lipinski definition) is 3. The minimum atomic E-state index is -3.55. The number of carbonyl (C=O) groups is 1. The van der Waals surface area contributed by atoms with Crippen LogP contribution in [-0.4, -0.2) is 219 Å². The van der Waals surface area contributed by atoms with Crippen molar-refractivity contribution in [2.24, 2.45) is 13.0 Å². The van der Waals surface area contributed by atoms with Crippen LogP contribution in [0.5, 0.6) is 46.0 Å². The number of nitrogens with one attached hydrogen (secondary N) is 1. The summed E-state index contributed by atoms with van der Waals surface area (Å²) in [5.74, 6) is 6.82. The van der Waals surface area contributed by atoms with Crippen LogP contribution in [0.25, 0.3) is 21.3 Å². The number of thiophene rings is 1. The van der Waals surface area contributed by atoms with Crippen molar-refractivity contribution in [3.8, 4) is 57.1 Å². The largest absolute Gasteiger partial charge is 1.00 e. The molecular formula is C86H119B3Br2ClCs2N5O25S2. The van der Waals surface area contributed by atoms with Crippen LogP contribution < -0.4 is 187 Å². The molecule has 0 radical (unpaired) electrons. The Balaban J connectivity index is 0.000000268. The first kappa shape index (κ1) is 112. The van der Waals surface area contributed by atoms with Gasteiger partial charge in [-0.15, -0.1) is 11.3 Å². The van der Waals surface area contributed by atoms with Crippen LogP contribution in [0.1, 0.15) is 134 Å². The van der Waals surface area contributed by atoms with Gasteiger partial charge in [0.2, 0.25) is 5.95 Å². The summed E-state index contributed by atoms with van der Waals surface area (Å²) in [6.45, 7) is 37.9. The van der Waals surface area contributed by atoms with Gasteiger partial charge in [0.05, 0.1) is 157 Å². The quantitative estimate of drug-likeness (QED) is 0.0252. The Morgan fingerprint density at radius 1 is 0.587 bits per heavy atom. The molecule has 5 aromatic carbocycles. The summed E-state index contributed by atoms with van der Waals surface area (Å²) in [4.78, 5) is 21.8. The zero-order valence-electron chi connectivity index (χ0n) is 77.3. The minimum absolute atomic E-state index is 0. The number of aromatic hydroxyl groups is 1. The maximum atomic E-state index is 10.7. The fourth-order valence-electron chi connectivity index (χ4n) is 12.5. The molecule has 8 aromatic rings. The standard InChI is InChI=1S/C22H23N5O3S.C17H25BO5.C12H24B2O4.C11H13BrO3.C7H7BrO2.C7H7ClO2S.C5H10O.C4H8O2.CH2O3.2Cs.H/c1-13-20(17-5-4-15(8-18(17)28-3)30-16-6-7-29-12-16)21-19(31-13)10-23-22(26-21)25-14-9-24-27(2)11-14;1-16(2)17(3,4)23-18(22-16)14-7-6-12(10-15(14)19-5)21-13-8-9-20-11-13;1-9(2)10(3,4)16-13(15-9)14-17-11(5,6)12(7,8)18-14;1-13-11-6-8(2-3-10(11)12)15-9-4-5-14-7-9;1-10-7-4-5(9)2-3-6(7)8;1-6-2-4-7(5-3-6)11(8,9)10;1-5-2-3-6-4-5;5-4-1-2-6-3-4;2-1-4-3;;;/h4-5,8-11,16H,6-7,12H2,1-3H3,(H,23,25,26);6-7,10,13H,8-9,11H2,1-5H3;1-8H3;2-3,6,9H,4-5,7H2,1H3;2-4,9H,1H3;2-5H,1H3;5H,2-4H2,1H3;4-5H,1-3H2;1,3H;;;/q;;;;;;;;;2*+1;-1/p-1/t16-;13-;;9-;;;5-;4-;;;;/m11.1..00..../s1. The van der Waals surface area contributed by atoms with Crippen LogP contribution in [0.2, 0.25) is 0 Å². The number of aromatic nitrogens is 4. The van der Waals surface area contributed by atoms with Gasteiger partial charge in [0.25, 0.3) is 15.5 Å². The third-order valence-electron chi connectivity index (χ3n) is 21.7. The van der Waals surface area contributed by atoms with E-state index >= 15 is 0 Å². The number of rotatable bonds is 17. The molecule has 0 aliphatic carbocycles. The van der Waals surface area contributed by atoms with Crippen molar-refractivity contribution in [3.05, 3.63) is 135 Å². The monoisotopic (exact) mass is 2180 g/mol. The fraction of sp³-hybridized carbons (Fsp3) is 0.535. The SMILES string of the molecule is CC1(C)OB(B2OC(C)(C)C(C)(C)O2)OC1(C)C.COc1cc(O)ccc1Br.COc1cc(O[C@@H]2CCOC2)ccc1-c1c(C)sc2cnc(Nc3cnn(C)c3)nc12.COc1cc(O[C@@H]2CCOC2)ccc1B1OC(C)(C)C(C)(C)O1.COc1cc(O[C@@H]2CCOC2)ccc1Br.C[C@H]1CCOC1.Cc1ccc(S(=O)(=O)Cl)cc1.O=CO[O-].O[C@H]1CCOC1.[Cs+].[Cs+].[H-]. The number of anilines is 2. The summed E-state index contributed by atoms with van der Waals surface area (Å²) in [6.07, 6.45) is 10.5. The number of carbonyl (C=O) groups excluding carboxylic acids is 1. The van der Waals surface area contributed by atoms with Crippen molar-refractivity contribution >= 4 is 118 Å². The number of hydrogen-bond acceptors (Lipinski definition) is 30. The molecular weight excluding hydrogens is 2060 g/mol. The fourth-order valence-corrected chi connectivity index (χ4v) is 15.1. The van der Waals surface area contributed by atoms with Crippen molar-refractivity contribution in [2.45, 2.75) is 199 Å². The number of benzene rings is 5. The van der Waals surface area contributed by atoms with Gasteiger partial charge >= 0.3 is 159 Å². The van der Waals surface area contributed by atoms with Gasteiger partial charge in [-0.2, -0.15) is 5.10 Å². The van der Waals surface area contributed by atoms with Crippen LogP contribution in [0, 0.1) is 19.8 Å². The van der Waals surface area contributed by atoms with E-state index in [-0.39, 0.29) is 214 Å². The van der Waals surface area contributed by atoms with Crippen molar-refractivity contribution in [3.63, 3.8) is 0 Å². The minimum Gasteiger partial charge on any atom is -1.00 e. The number of aliphatic hydroxyl groups is 1. The van der Waals surface area contributed by atoms with Crippen molar-refractivity contribution < 1.29 is 258 Å². The molecule has 0 saturated carbocycles. The van der Waals surface area contributed by atoms with Gasteiger partial charge in [0.15, 0.2) is 0 Å². The summed E-state index contributed by atoms with van der Waals surface area (Å²) >= 11 is 8.32. The average molecular weight is 2180 g/mol. The second-order valence-electron chi connectivity index (χ2n) is 32.9. The van der Waals surface area contributed by atoms with Crippen LogP contribution in [0.15, 0.2) is 129 Å². The number of methoxy groups -OCH3 is 4. The Labute approximate surface area is 886 Å². The molecule has 11 heterocycles. The van der Waals surface area contributed by atoms with Gasteiger partial charge in [-0.3, -0.25) is 9.48 Å². The molecule has 16 rings (SSSR count). The van der Waals surface area contributed by atoms with E-state index in [2.05, 4.69) is 66.0 Å². The molecule has 8 fully saturated rings. The Morgan fingerprint density at radius 2 is 1.02 bits per heavy atom. The Morgan fingerprint density at radius 3 is 1.40 bits per heavy atom. The molecule has 5 atom stereocenters. The Hall–Kier alpha value is -3.00. The second-order valence-corrected chi connectivity index (χ2v) is 38.5. The molecule has 0 amide bonds. The number of aryl methyl sites for hydroxylation is 3. The van der Waals surface area contributed by atoms with E-state index in [1.807, 2.05) is 164 Å². The zero-order chi connectivity index (χ0) is 91.0. The van der Waals surface area contributed by atoms with E-state index in [0.29, 0.717) is 43.9 Å². The van der Waals surface area contributed by atoms with Gasteiger partial charge < -0.3 is 112 Å². The molecule has 0 bridgehead atoms. The summed E-state index contributed by atoms with van der Waals surface area (Å²) in [7, 11) is 8.53. The van der Waals surface area contributed by atoms with Crippen LogP contribution >= 0.6 is 53.9 Å². The smallest absolute Gasteiger partial charge is 1.00 e. The van der Waals surface area contributed by atoms with Gasteiger partial charge in [-0.25, -0.2) is 18.4 Å². The average Bonchev–Trinajstić information content (AvgIpc) is 1.58. The predicted molar refractivity (Wildman–Crippen MR) is 483 cm³/mol. The molecule has 0 spiro atoms. The number of phenols is 1. The number of fused-ring (bicyclic) bond motifs is 1. The second kappa shape index (κ2) is 52.2. The molecule has 126 heavy (non-hydrogen) atoms. The number of nitrogens with zero attached hydrogens (tertiary/aromatic N) is 4.